The molecule has 1 N–H and O–H groups in total. The Hall–Kier alpha value is -4.26. The number of rotatable bonds is 7. The Morgan fingerprint density at radius 1 is 0.938 bits per heavy atom. The summed E-state index contributed by atoms with van der Waals surface area (Å²) in [6, 6.07) is 18.3. The number of nitrogens with one attached hydrogen (secondary N) is 1. The van der Waals surface area contributed by atoms with Crippen LogP contribution in [0.5, 0.6) is 11.5 Å². The van der Waals surface area contributed by atoms with Gasteiger partial charge in [-0.1, -0.05) is 30.3 Å². The topological polar surface area (TPSA) is 87.0 Å². The predicted octanol–water partition coefficient (Wildman–Crippen LogP) is 4.80. The minimum Gasteiger partial charge on any atom is -0.497 e. The summed E-state index contributed by atoms with van der Waals surface area (Å²) >= 11 is 0. The molecule has 1 heterocycles. The quantitative estimate of drug-likeness (QED) is 0.334. The molecule has 0 aliphatic carbocycles. The summed E-state index contributed by atoms with van der Waals surface area (Å²) in [6.45, 7) is -0.442. The molecule has 0 fully saturated rings. The normalized spacial score (nSPS) is 11.1. The van der Waals surface area contributed by atoms with Crippen LogP contribution in [-0.2, 0) is 14.3 Å². The van der Waals surface area contributed by atoms with E-state index < -0.39 is 18.5 Å². The molecule has 1 amide bonds. The fraction of sp³-hybridized carbons (Fsp3) is 0.120. The molecule has 7 heteroatoms. The van der Waals surface area contributed by atoms with Gasteiger partial charge in [0.15, 0.2) is 6.61 Å². The Morgan fingerprint density at radius 2 is 1.78 bits per heavy atom. The number of benzene rings is 3. The first-order valence-corrected chi connectivity index (χ1v) is 9.85. The average Bonchev–Trinajstić information content (AvgIpc) is 3.18. The second-order valence-electron chi connectivity index (χ2n) is 6.91. The van der Waals surface area contributed by atoms with Crippen molar-refractivity contribution in [3.63, 3.8) is 0 Å². The lowest BCUT2D eigenvalue weighted by Gasteiger charge is -2.10. The van der Waals surface area contributed by atoms with Crippen molar-refractivity contribution in [2.75, 3.05) is 26.1 Å². The molecular formula is C25H21NO6. The molecule has 0 unspecified atom stereocenters. The van der Waals surface area contributed by atoms with Crippen LogP contribution < -0.4 is 14.8 Å². The third-order valence-corrected chi connectivity index (χ3v) is 4.82. The second kappa shape index (κ2) is 9.26. The highest BCUT2D eigenvalue weighted by atomic mass is 16.5. The molecule has 32 heavy (non-hydrogen) atoms. The van der Waals surface area contributed by atoms with E-state index in [9.17, 15) is 9.59 Å². The number of carbonyl (C=O) groups is 2. The summed E-state index contributed by atoms with van der Waals surface area (Å²) in [5, 5.41) is 4.53. The molecule has 0 aliphatic rings. The van der Waals surface area contributed by atoms with Gasteiger partial charge in [0, 0.05) is 22.9 Å². The van der Waals surface area contributed by atoms with Crippen molar-refractivity contribution < 1.29 is 28.2 Å². The molecule has 0 aliphatic heterocycles. The first-order valence-electron chi connectivity index (χ1n) is 9.85. The van der Waals surface area contributed by atoms with Crippen molar-refractivity contribution in [3.8, 4) is 11.5 Å². The fourth-order valence-electron chi connectivity index (χ4n) is 3.30. The Labute approximate surface area is 184 Å². The van der Waals surface area contributed by atoms with Gasteiger partial charge < -0.3 is 23.9 Å². The van der Waals surface area contributed by atoms with Crippen molar-refractivity contribution in [2.24, 2.45) is 0 Å². The lowest BCUT2D eigenvalue weighted by atomic mass is 10.1. The monoisotopic (exact) mass is 431 g/mol. The van der Waals surface area contributed by atoms with Gasteiger partial charge in [-0.05, 0) is 35.9 Å². The van der Waals surface area contributed by atoms with E-state index in [1.54, 1.807) is 37.5 Å². The number of amides is 1. The maximum absolute atomic E-state index is 12.3. The third-order valence-electron chi connectivity index (χ3n) is 4.82. The number of methoxy groups -OCH3 is 2. The zero-order chi connectivity index (χ0) is 22.5. The molecule has 0 atom stereocenters. The van der Waals surface area contributed by atoms with Gasteiger partial charge in [-0.15, -0.1) is 0 Å². The maximum Gasteiger partial charge on any atom is 0.331 e. The van der Waals surface area contributed by atoms with Crippen LogP contribution >= 0.6 is 0 Å². The molecule has 0 saturated heterocycles. The van der Waals surface area contributed by atoms with Crippen molar-refractivity contribution >= 4 is 45.6 Å². The minimum atomic E-state index is -0.636. The van der Waals surface area contributed by atoms with Crippen LogP contribution in [0.1, 0.15) is 5.56 Å². The average molecular weight is 431 g/mol. The molecule has 162 valence electrons. The zero-order valence-electron chi connectivity index (χ0n) is 17.6. The van der Waals surface area contributed by atoms with Crippen LogP contribution in [0.15, 0.2) is 71.2 Å². The summed E-state index contributed by atoms with van der Waals surface area (Å²) < 4.78 is 21.4. The number of ether oxygens (including phenoxy) is 3. The van der Waals surface area contributed by atoms with Crippen molar-refractivity contribution in [1.82, 2.24) is 0 Å². The van der Waals surface area contributed by atoms with Gasteiger partial charge in [-0.2, -0.15) is 0 Å². The first-order chi connectivity index (χ1) is 15.6. The van der Waals surface area contributed by atoms with E-state index in [0.717, 1.165) is 21.9 Å². The van der Waals surface area contributed by atoms with Crippen LogP contribution in [0, 0.1) is 0 Å². The summed E-state index contributed by atoms with van der Waals surface area (Å²) in [6.07, 6.45) is 2.84. The Kier molecular flexibility index (Phi) is 6.07. The zero-order valence-corrected chi connectivity index (χ0v) is 17.6. The van der Waals surface area contributed by atoms with Crippen molar-refractivity contribution in [2.45, 2.75) is 0 Å². The maximum atomic E-state index is 12.3. The highest BCUT2D eigenvalue weighted by molar-refractivity contribution is 6.08. The van der Waals surface area contributed by atoms with Crippen molar-refractivity contribution in [3.05, 3.63) is 72.3 Å². The highest BCUT2D eigenvalue weighted by Crippen LogP contribution is 2.36. The lowest BCUT2D eigenvalue weighted by Crippen LogP contribution is -2.20. The Morgan fingerprint density at radius 3 is 2.59 bits per heavy atom. The second-order valence-corrected chi connectivity index (χ2v) is 6.91. The van der Waals surface area contributed by atoms with Crippen molar-refractivity contribution in [1.29, 1.82) is 0 Å². The highest BCUT2D eigenvalue weighted by Gasteiger charge is 2.14. The minimum absolute atomic E-state index is 0.423. The number of carbonyl (C=O) groups excluding carboxylic acids is 2. The van der Waals surface area contributed by atoms with Gasteiger partial charge >= 0.3 is 5.97 Å². The first kappa shape index (κ1) is 21.0. The third kappa shape index (κ3) is 4.57. The number of esters is 1. The number of para-hydroxylation sites is 1. The Balaban J connectivity index is 1.41. The SMILES string of the molecule is COc1cccc(/C=C/C(=O)OCC(=O)Nc2cc3oc4ccccc4c3cc2OC)c1. The van der Waals surface area contributed by atoms with Gasteiger partial charge in [-0.3, -0.25) is 4.79 Å². The van der Waals surface area contributed by atoms with Gasteiger partial charge in [0.2, 0.25) is 0 Å². The Bertz CT molecular complexity index is 1320. The number of anilines is 1. The molecule has 4 aromatic rings. The van der Waals surface area contributed by atoms with Gasteiger partial charge in [0.05, 0.1) is 19.9 Å². The number of furan rings is 1. The van der Waals surface area contributed by atoms with E-state index in [2.05, 4.69) is 5.32 Å². The molecular weight excluding hydrogens is 410 g/mol. The van der Waals surface area contributed by atoms with Gasteiger partial charge in [0.1, 0.15) is 22.7 Å². The molecule has 3 aromatic carbocycles. The van der Waals surface area contributed by atoms with Crippen LogP contribution in [-0.4, -0.2) is 32.7 Å². The smallest absolute Gasteiger partial charge is 0.331 e. The number of fused-ring (bicyclic) bond motifs is 3. The van der Waals surface area contributed by atoms with E-state index in [-0.39, 0.29) is 0 Å². The lowest BCUT2D eigenvalue weighted by molar-refractivity contribution is -0.142. The molecule has 4 rings (SSSR count). The molecule has 0 radical (unpaired) electrons. The van der Waals surface area contributed by atoms with E-state index in [0.29, 0.717) is 22.8 Å². The summed E-state index contributed by atoms with van der Waals surface area (Å²) in [5.41, 5.74) is 2.55. The fourth-order valence-corrected chi connectivity index (χ4v) is 3.30. The number of hydrogen-bond acceptors (Lipinski definition) is 6. The van der Waals surface area contributed by atoms with E-state index in [4.69, 9.17) is 18.6 Å². The predicted molar refractivity (Wildman–Crippen MR) is 122 cm³/mol. The molecule has 0 spiro atoms. The van der Waals surface area contributed by atoms with Crippen LogP contribution in [0.2, 0.25) is 0 Å². The van der Waals surface area contributed by atoms with Crippen LogP contribution in [0.25, 0.3) is 28.0 Å². The van der Waals surface area contributed by atoms with E-state index >= 15 is 0 Å². The standard InChI is InChI=1S/C25H21NO6/c1-29-17-7-5-6-16(12-17)10-11-25(28)31-15-24(27)26-20-14-22-19(13-23(20)30-2)18-8-3-4-9-21(18)32-22/h3-14H,15H2,1-2H3,(H,26,27)/b11-10+. The van der Waals surface area contributed by atoms with E-state index in [1.165, 1.54) is 13.2 Å². The molecule has 1 aromatic heterocycles. The summed E-state index contributed by atoms with van der Waals surface area (Å²) in [7, 11) is 3.08. The molecule has 7 nitrogen and oxygen atoms in total. The van der Waals surface area contributed by atoms with E-state index in [1.807, 2.05) is 36.4 Å². The molecule has 0 bridgehead atoms. The number of hydrogen-bond donors (Lipinski definition) is 1. The largest absolute Gasteiger partial charge is 0.497 e. The molecule has 0 saturated carbocycles. The van der Waals surface area contributed by atoms with Gasteiger partial charge in [0.25, 0.3) is 5.91 Å². The van der Waals surface area contributed by atoms with Crippen LogP contribution in [0.3, 0.4) is 0 Å². The van der Waals surface area contributed by atoms with Crippen LogP contribution in [0.4, 0.5) is 5.69 Å². The van der Waals surface area contributed by atoms with Gasteiger partial charge in [-0.25, -0.2) is 4.79 Å². The summed E-state index contributed by atoms with van der Waals surface area (Å²) in [4.78, 5) is 24.3. The summed E-state index contributed by atoms with van der Waals surface area (Å²) in [5.74, 6) is 0.0153.